The Balaban J connectivity index is 1.55. The molecule has 0 spiro atoms. The number of benzene rings is 4. The Morgan fingerprint density at radius 3 is 2.00 bits per heavy atom. The Bertz CT molecular complexity index is 1680. The number of carbonyl (C=O) groups excluding carboxylic acids is 2. The normalized spacial score (nSPS) is 14.1. The van der Waals surface area contributed by atoms with Crippen LogP contribution in [-0.2, 0) is 32.6 Å². The maximum absolute atomic E-state index is 14.5. The Morgan fingerprint density at radius 2 is 1.40 bits per heavy atom. The molecule has 0 heterocycles. The highest BCUT2D eigenvalue weighted by atomic mass is 79.9. The molecule has 0 aliphatic heterocycles. The van der Waals surface area contributed by atoms with Gasteiger partial charge in [0, 0.05) is 23.5 Å². The van der Waals surface area contributed by atoms with Gasteiger partial charge >= 0.3 is 0 Å². The highest BCUT2D eigenvalue weighted by Gasteiger charge is 2.35. The van der Waals surface area contributed by atoms with Gasteiger partial charge in [-0.25, -0.2) is 8.42 Å². The Labute approximate surface area is 274 Å². The van der Waals surface area contributed by atoms with Crippen molar-refractivity contribution in [2.24, 2.45) is 0 Å². The molecule has 1 fully saturated rings. The lowest BCUT2D eigenvalue weighted by atomic mass is 10.0. The number of hydrogen-bond donors (Lipinski definition) is 1. The molecule has 5 rings (SSSR count). The fourth-order valence-corrected chi connectivity index (χ4v) is 7.35. The van der Waals surface area contributed by atoms with E-state index < -0.39 is 28.5 Å². The van der Waals surface area contributed by atoms with Crippen LogP contribution < -0.4 is 9.62 Å². The molecule has 2 amide bonds. The smallest absolute Gasteiger partial charge is 0.264 e. The minimum Gasteiger partial charge on any atom is -0.352 e. The van der Waals surface area contributed by atoms with Crippen molar-refractivity contribution >= 4 is 43.5 Å². The lowest BCUT2D eigenvalue weighted by Crippen LogP contribution is -2.54. The average Bonchev–Trinajstić information content (AvgIpc) is 3.56. The summed E-state index contributed by atoms with van der Waals surface area (Å²) in [6, 6.07) is 31.7. The zero-order valence-corrected chi connectivity index (χ0v) is 27.7. The molecule has 1 aliphatic carbocycles. The largest absolute Gasteiger partial charge is 0.352 e. The van der Waals surface area contributed by atoms with E-state index in [1.807, 2.05) is 67.6 Å². The predicted molar refractivity (Wildman–Crippen MR) is 181 cm³/mol. The van der Waals surface area contributed by atoms with Crippen LogP contribution in [0.2, 0.25) is 0 Å². The van der Waals surface area contributed by atoms with Gasteiger partial charge in [0.2, 0.25) is 11.8 Å². The average molecular weight is 689 g/mol. The van der Waals surface area contributed by atoms with Crippen LogP contribution in [0.15, 0.2) is 119 Å². The zero-order valence-electron chi connectivity index (χ0n) is 25.3. The fraction of sp³-hybridized carbons (Fsp3) is 0.278. The molecule has 0 saturated heterocycles. The third kappa shape index (κ3) is 8.41. The molecular formula is C36H38BrN3O4S. The van der Waals surface area contributed by atoms with Gasteiger partial charge in [0.25, 0.3) is 10.0 Å². The van der Waals surface area contributed by atoms with Gasteiger partial charge in [0.15, 0.2) is 0 Å². The second-order valence-electron chi connectivity index (χ2n) is 11.5. The molecule has 4 aromatic carbocycles. The summed E-state index contributed by atoms with van der Waals surface area (Å²) >= 11 is 3.42. The summed E-state index contributed by atoms with van der Waals surface area (Å²) in [4.78, 5) is 30.2. The summed E-state index contributed by atoms with van der Waals surface area (Å²) in [5.41, 5.74) is 3.02. The summed E-state index contributed by atoms with van der Waals surface area (Å²) < 4.78 is 30.2. The molecule has 1 atom stereocenters. The number of halogens is 1. The third-order valence-electron chi connectivity index (χ3n) is 8.17. The van der Waals surface area contributed by atoms with Crippen LogP contribution in [0.3, 0.4) is 0 Å². The van der Waals surface area contributed by atoms with E-state index in [1.165, 1.54) is 0 Å². The van der Waals surface area contributed by atoms with Gasteiger partial charge in [-0.05, 0) is 67.3 Å². The first kappa shape index (κ1) is 32.4. The van der Waals surface area contributed by atoms with E-state index in [2.05, 4.69) is 21.2 Å². The number of sulfonamides is 1. The fourth-order valence-electron chi connectivity index (χ4n) is 5.68. The van der Waals surface area contributed by atoms with Gasteiger partial charge in [-0.3, -0.25) is 13.9 Å². The van der Waals surface area contributed by atoms with Crippen molar-refractivity contribution < 1.29 is 18.0 Å². The van der Waals surface area contributed by atoms with Crippen LogP contribution in [0.5, 0.6) is 0 Å². The van der Waals surface area contributed by atoms with Crippen molar-refractivity contribution in [3.8, 4) is 0 Å². The number of nitrogens with zero attached hydrogens (tertiary/aromatic N) is 2. The lowest BCUT2D eigenvalue weighted by Gasteiger charge is -2.34. The second kappa shape index (κ2) is 14.9. The van der Waals surface area contributed by atoms with E-state index in [9.17, 15) is 18.0 Å². The van der Waals surface area contributed by atoms with Gasteiger partial charge in [0.05, 0.1) is 10.6 Å². The van der Waals surface area contributed by atoms with Crippen molar-refractivity contribution in [3.05, 3.63) is 130 Å². The second-order valence-corrected chi connectivity index (χ2v) is 14.3. The zero-order chi connectivity index (χ0) is 31.8. The van der Waals surface area contributed by atoms with E-state index in [0.29, 0.717) is 12.1 Å². The summed E-state index contributed by atoms with van der Waals surface area (Å²) in [5.74, 6) is -0.702. The topological polar surface area (TPSA) is 86.8 Å². The van der Waals surface area contributed by atoms with Crippen molar-refractivity contribution in [3.63, 3.8) is 0 Å². The van der Waals surface area contributed by atoms with Crippen LogP contribution >= 0.6 is 15.9 Å². The van der Waals surface area contributed by atoms with Gasteiger partial charge < -0.3 is 10.2 Å². The van der Waals surface area contributed by atoms with Crippen molar-refractivity contribution in [2.45, 2.75) is 62.6 Å². The van der Waals surface area contributed by atoms with Crippen molar-refractivity contribution in [1.82, 2.24) is 10.2 Å². The number of anilines is 1. The Kier molecular flexibility index (Phi) is 10.7. The van der Waals surface area contributed by atoms with Gasteiger partial charge in [-0.2, -0.15) is 0 Å². The standard InChI is InChI=1S/C36H38BrN3O4S/c1-27-16-22-33(23-17-27)45(43,44)40(32-20-18-30(37)19-21-32)26-35(41)39(25-29-12-6-3-7-13-29)34(24-28-10-4-2-5-11-28)36(42)38-31-14-8-9-15-31/h2-7,10-13,16-23,31,34H,8-9,14-15,24-26H2,1H3,(H,38,42). The first-order chi connectivity index (χ1) is 21.7. The molecule has 1 unspecified atom stereocenters. The van der Waals surface area contributed by atoms with Crippen LogP contribution in [0.25, 0.3) is 0 Å². The van der Waals surface area contributed by atoms with Gasteiger partial charge in [-0.15, -0.1) is 0 Å². The van der Waals surface area contributed by atoms with Gasteiger partial charge in [-0.1, -0.05) is 107 Å². The third-order valence-corrected chi connectivity index (χ3v) is 10.5. The highest BCUT2D eigenvalue weighted by molar-refractivity contribution is 9.10. The minimum atomic E-state index is -4.14. The highest BCUT2D eigenvalue weighted by Crippen LogP contribution is 2.27. The monoisotopic (exact) mass is 687 g/mol. The SMILES string of the molecule is Cc1ccc(S(=O)(=O)N(CC(=O)N(Cc2ccccc2)C(Cc2ccccc2)C(=O)NC2CCCC2)c2ccc(Br)cc2)cc1. The maximum atomic E-state index is 14.5. The molecule has 7 nitrogen and oxygen atoms in total. The number of amides is 2. The first-order valence-corrected chi connectivity index (χ1v) is 17.5. The molecule has 4 aromatic rings. The minimum absolute atomic E-state index is 0.0608. The molecule has 9 heteroatoms. The van der Waals surface area contributed by atoms with E-state index >= 15 is 0 Å². The summed E-state index contributed by atoms with van der Waals surface area (Å²) in [7, 11) is -4.14. The number of nitrogens with one attached hydrogen (secondary N) is 1. The van der Waals surface area contributed by atoms with Gasteiger partial charge in [0.1, 0.15) is 12.6 Å². The molecule has 1 aliphatic rings. The molecule has 0 aromatic heterocycles. The molecule has 234 valence electrons. The molecule has 45 heavy (non-hydrogen) atoms. The summed E-state index contributed by atoms with van der Waals surface area (Å²) in [6.45, 7) is 1.55. The molecular weight excluding hydrogens is 650 g/mol. The molecule has 1 N–H and O–H groups in total. The molecule has 0 radical (unpaired) electrons. The van der Waals surface area contributed by atoms with E-state index in [0.717, 1.165) is 51.2 Å². The summed E-state index contributed by atoms with van der Waals surface area (Å²) in [5, 5.41) is 3.20. The quantitative estimate of drug-likeness (QED) is 0.181. The predicted octanol–water partition coefficient (Wildman–Crippen LogP) is 6.65. The van der Waals surface area contributed by atoms with E-state index in [-0.39, 0.29) is 23.4 Å². The number of hydrogen-bond acceptors (Lipinski definition) is 4. The molecule has 1 saturated carbocycles. The first-order valence-electron chi connectivity index (χ1n) is 15.2. The summed E-state index contributed by atoms with van der Waals surface area (Å²) in [6.07, 6.45) is 4.21. The van der Waals surface area contributed by atoms with Crippen LogP contribution in [0.4, 0.5) is 5.69 Å². The lowest BCUT2D eigenvalue weighted by molar-refractivity contribution is -0.140. The number of aryl methyl sites for hydroxylation is 1. The van der Waals surface area contributed by atoms with Crippen LogP contribution in [0.1, 0.15) is 42.4 Å². The van der Waals surface area contributed by atoms with Crippen molar-refractivity contribution in [1.29, 1.82) is 0 Å². The maximum Gasteiger partial charge on any atom is 0.264 e. The van der Waals surface area contributed by atoms with Crippen LogP contribution in [0, 0.1) is 6.92 Å². The Morgan fingerprint density at radius 1 is 0.822 bits per heavy atom. The molecule has 0 bridgehead atoms. The number of rotatable bonds is 12. The number of carbonyl (C=O) groups is 2. The van der Waals surface area contributed by atoms with Crippen molar-refractivity contribution in [2.75, 3.05) is 10.8 Å². The van der Waals surface area contributed by atoms with E-state index in [1.54, 1.807) is 53.4 Å². The van der Waals surface area contributed by atoms with Crippen LogP contribution in [-0.4, -0.2) is 43.8 Å². The van der Waals surface area contributed by atoms with E-state index in [4.69, 9.17) is 0 Å². The Hall–Kier alpha value is -3.95.